The van der Waals surface area contributed by atoms with Crippen LogP contribution in [0.4, 0.5) is 0 Å². The molecule has 0 unspecified atom stereocenters. The second kappa shape index (κ2) is 7.46. The minimum absolute atomic E-state index is 0.00314. The van der Waals surface area contributed by atoms with Gasteiger partial charge < -0.3 is 5.32 Å². The highest BCUT2D eigenvalue weighted by atomic mass is 32.2. The Balaban J connectivity index is 1.78. The van der Waals surface area contributed by atoms with E-state index in [4.69, 9.17) is 0 Å². The van der Waals surface area contributed by atoms with Crippen LogP contribution in [-0.4, -0.2) is 42.8 Å². The summed E-state index contributed by atoms with van der Waals surface area (Å²) in [5.41, 5.74) is 1.86. The zero-order valence-corrected chi connectivity index (χ0v) is 13.8. The van der Waals surface area contributed by atoms with Gasteiger partial charge in [0.2, 0.25) is 5.91 Å². The van der Waals surface area contributed by atoms with E-state index in [0.717, 1.165) is 22.5 Å². The number of sulfone groups is 1. The predicted octanol–water partition coefficient (Wildman–Crippen LogP) is 1.30. The van der Waals surface area contributed by atoms with Crippen LogP contribution in [0.25, 0.3) is 10.6 Å². The highest BCUT2D eigenvalue weighted by molar-refractivity contribution is 7.90. The smallest absolute Gasteiger partial charge is 0.221 e. The number of pyridine rings is 1. The lowest BCUT2D eigenvalue weighted by molar-refractivity contribution is -0.120. The van der Waals surface area contributed by atoms with Crippen molar-refractivity contribution in [3.63, 3.8) is 0 Å². The third-order valence-electron chi connectivity index (χ3n) is 2.86. The molecule has 0 saturated heterocycles. The Morgan fingerprint density at radius 1 is 1.41 bits per heavy atom. The SMILES string of the molecule is CS(=O)(=O)CCC(=O)NCCc1csc(-c2cccnc2)n1. The topological polar surface area (TPSA) is 89.0 Å². The van der Waals surface area contributed by atoms with Crippen LogP contribution >= 0.6 is 11.3 Å². The molecule has 0 fully saturated rings. The molecule has 2 aromatic heterocycles. The third-order valence-corrected chi connectivity index (χ3v) is 4.75. The van der Waals surface area contributed by atoms with E-state index in [1.54, 1.807) is 12.4 Å². The number of carbonyl (C=O) groups is 1. The molecular weight excluding hydrogens is 322 g/mol. The van der Waals surface area contributed by atoms with Gasteiger partial charge >= 0.3 is 0 Å². The molecule has 0 aliphatic heterocycles. The Labute approximate surface area is 133 Å². The fourth-order valence-electron chi connectivity index (χ4n) is 1.74. The lowest BCUT2D eigenvalue weighted by Crippen LogP contribution is -2.27. The number of hydrogen-bond donors (Lipinski definition) is 1. The summed E-state index contributed by atoms with van der Waals surface area (Å²) >= 11 is 1.53. The average molecular weight is 339 g/mol. The van der Waals surface area contributed by atoms with Crippen LogP contribution in [0.3, 0.4) is 0 Å². The van der Waals surface area contributed by atoms with E-state index < -0.39 is 9.84 Å². The molecule has 0 saturated carbocycles. The van der Waals surface area contributed by atoms with Gasteiger partial charge in [-0.15, -0.1) is 11.3 Å². The number of aromatic nitrogens is 2. The molecule has 2 heterocycles. The van der Waals surface area contributed by atoms with Gasteiger partial charge in [0.25, 0.3) is 0 Å². The minimum Gasteiger partial charge on any atom is -0.356 e. The van der Waals surface area contributed by atoms with Crippen molar-refractivity contribution in [2.75, 3.05) is 18.6 Å². The first-order valence-electron chi connectivity index (χ1n) is 6.73. The lowest BCUT2D eigenvalue weighted by Gasteiger charge is -2.03. The summed E-state index contributed by atoms with van der Waals surface area (Å²) < 4.78 is 21.9. The normalized spacial score (nSPS) is 11.3. The lowest BCUT2D eigenvalue weighted by atomic mass is 10.3. The van der Waals surface area contributed by atoms with Gasteiger partial charge in [-0.3, -0.25) is 9.78 Å². The molecule has 1 N–H and O–H groups in total. The summed E-state index contributed by atoms with van der Waals surface area (Å²) in [6.07, 6.45) is 5.20. The average Bonchev–Trinajstić information content (AvgIpc) is 2.94. The maximum Gasteiger partial charge on any atom is 0.221 e. The second-order valence-corrected chi connectivity index (χ2v) is 7.98. The van der Waals surface area contributed by atoms with Gasteiger partial charge in [-0.1, -0.05) is 0 Å². The van der Waals surface area contributed by atoms with Crippen LogP contribution in [0.15, 0.2) is 29.9 Å². The standard InChI is InChI=1S/C14H17N3O3S2/c1-22(19,20)8-5-13(18)16-7-4-12-10-21-14(17-12)11-3-2-6-15-9-11/h2-3,6,9-10H,4-5,7-8H2,1H3,(H,16,18). The van der Waals surface area contributed by atoms with E-state index in [1.807, 2.05) is 17.5 Å². The van der Waals surface area contributed by atoms with Crippen LogP contribution in [0.5, 0.6) is 0 Å². The molecule has 8 heteroatoms. The van der Waals surface area contributed by atoms with Gasteiger partial charge in [0, 0.05) is 49.0 Å². The summed E-state index contributed by atoms with van der Waals surface area (Å²) in [5.74, 6) is -0.381. The van der Waals surface area contributed by atoms with Gasteiger partial charge in [0.15, 0.2) is 0 Å². The first kappa shape index (κ1) is 16.6. The molecule has 0 aliphatic rings. The van der Waals surface area contributed by atoms with Crippen molar-refractivity contribution in [2.45, 2.75) is 12.8 Å². The van der Waals surface area contributed by atoms with Crippen molar-refractivity contribution in [1.29, 1.82) is 0 Å². The first-order valence-corrected chi connectivity index (χ1v) is 9.67. The Bertz CT molecular complexity index is 727. The molecule has 0 spiro atoms. The number of amides is 1. The van der Waals surface area contributed by atoms with E-state index in [9.17, 15) is 13.2 Å². The van der Waals surface area contributed by atoms with E-state index >= 15 is 0 Å². The summed E-state index contributed by atoms with van der Waals surface area (Å²) in [7, 11) is -3.10. The summed E-state index contributed by atoms with van der Waals surface area (Å²) in [6, 6.07) is 3.81. The predicted molar refractivity (Wildman–Crippen MR) is 86.4 cm³/mol. The number of rotatable bonds is 7. The number of nitrogens with one attached hydrogen (secondary N) is 1. The Morgan fingerprint density at radius 2 is 2.23 bits per heavy atom. The van der Waals surface area contributed by atoms with Crippen LogP contribution in [-0.2, 0) is 21.1 Å². The molecule has 0 aliphatic carbocycles. The first-order chi connectivity index (χ1) is 10.4. The number of hydrogen-bond acceptors (Lipinski definition) is 6. The van der Waals surface area contributed by atoms with Crippen molar-refractivity contribution in [1.82, 2.24) is 15.3 Å². The van der Waals surface area contributed by atoms with Gasteiger partial charge in [-0.2, -0.15) is 0 Å². The van der Waals surface area contributed by atoms with Crippen LogP contribution in [0.2, 0.25) is 0 Å². The highest BCUT2D eigenvalue weighted by Gasteiger charge is 2.08. The molecule has 1 amide bonds. The third kappa shape index (κ3) is 5.53. The van der Waals surface area contributed by atoms with Crippen molar-refractivity contribution >= 4 is 27.1 Å². The van der Waals surface area contributed by atoms with Gasteiger partial charge in [-0.05, 0) is 12.1 Å². The fraction of sp³-hybridized carbons (Fsp3) is 0.357. The molecule has 0 atom stereocenters. The molecule has 0 bridgehead atoms. The Hall–Kier alpha value is -1.80. The molecule has 0 aromatic carbocycles. The number of carbonyl (C=O) groups excluding carboxylic acids is 1. The molecule has 2 rings (SSSR count). The van der Waals surface area contributed by atoms with Crippen LogP contribution in [0, 0.1) is 0 Å². The maximum atomic E-state index is 11.5. The van der Waals surface area contributed by atoms with Gasteiger partial charge in [0.1, 0.15) is 14.8 Å². The summed E-state index contributed by atoms with van der Waals surface area (Å²) in [4.78, 5) is 20.1. The second-order valence-electron chi connectivity index (χ2n) is 4.87. The molecule has 22 heavy (non-hydrogen) atoms. The highest BCUT2D eigenvalue weighted by Crippen LogP contribution is 2.22. The van der Waals surface area contributed by atoms with Crippen molar-refractivity contribution in [2.24, 2.45) is 0 Å². The van der Waals surface area contributed by atoms with E-state index in [0.29, 0.717) is 13.0 Å². The summed E-state index contributed by atoms with van der Waals surface area (Å²) in [5, 5.41) is 5.55. The van der Waals surface area contributed by atoms with Gasteiger partial charge in [0.05, 0.1) is 11.4 Å². The monoisotopic (exact) mass is 339 g/mol. The van der Waals surface area contributed by atoms with Gasteiger partial charge in [-0.25, -0.2) is 13.4 Å². The van der Waals surface area contributed by atoms with Crippen LogP contribution in [0.1, 0.15) is 12.1 Å². The minimum atomic E-state index is -3.10. The van der Waals surface area contributed by atoms with Crippen molar-refractivity contribution < 1.29 is 13.2 Å². The van der Waals surface area contributed by atoms with E-state index in [1.165, 1.54) is 11.3 Å². The van der Waals surface area contributed by atoms with E-state index in [-0.39, 0.29) is 18.1 Å². The molecule has 2 aromatic rings. The zero-order valence-electron chi connectivity index (χ0n) is 12.2. The Morgan fingerprint density at radius 3 is 2.91 bits per heavy atom. The van der Waals surface area contributed by atoms with Crippen LogP contribution < -0.4 is 5.32 Å². The fourth-order valence-corrected chi connectivity index (χ4v) is 3.14. The quantitative estimate of drug-likeness (QED) is 0.821. The maximum absolute atomic E-state index is 11.5. The molecule has 0 radical (unpaired) electrons. The summed E-state index contributed by atoms with van der Waals surface area (Å²) in [6.45, 7) is 0.443. The van der Waals surface area contributed by atoms with Crippen molar-refractivity contribution in [3.8, 4) is 10.6 Å². The Kier molecular flexibility index (Phi) is 5.62. The number of thiazole rings is 1. The number of nitrogens with zero attached hydrogens (tertiary/aromatic N) is 2. The molecule has 6 nitrogen and oxygen atoms in total. The van der Waals surface area contributed by atoms with E-state index in [2.05, 4.69) is 15.3 Å². The molecular formula is C14H17N3O3S2. The van der Waals surface area contributed by atoms with Crippen molar-refractivity contribution in [3.05, 3.63) is 35.6 Å². The largest absolute Gasteiger partial charge is 0.356 e. The zero-order chi connectivity index (χ0) is 16.0. The molecule has 118 valence electrons.